The highest BCUT2D eigenvalue weighted by Gasteiger charge is 2.16. The first-order valence-electron chi connectivity index (χ1n) is 7.61. The van der Waals surface area contributed by atoms with Crippen LogP contribution in [0.3, 0.4) is 0 Å². The Morgan fingerprint density at radius 1 is 1.04 bits per heavy atom. The highest BCUT2D eigenvalue weighted by Crippen LogP contribution is 2.29. The fraction of sp³-hybridized carbons (Fsp3) is 0.222. The van der Waals surface area contributed by atoms with Crippen LogP contribution in [0, 0.1) is 0 Å². The quantitative estimate of drug-likeness (QED) is 0.765. The molecule has 0 heterocycles. The molecule has 0 saturated carbocycles. The summed E-state index contributed by atoms with van der Waals surface area (Å²) < 4.78 is 0. The van der Waals surface area contributed by atoms with E-state index in [1.54, 1.807) is 24.3 Å². The summed E-state index contributed by atoms with van der Waals surface area (Å²) in [7, 11) is 0. The zero-order chi connectivity index (χ0) is 18.4. The minimum atomic E-state index is -0.205. The lowest BCUT2D eigenvalue weighted by Crippen LogP contribution is -2.34. The molecule has 0 radical (unpaired) electrons. The molecule has 0 aliphatic rings. The molecule has 0 unspecified atom stereocenters. The molecule has 2 aromatic rings. The van der Waals surface area contributed by atoms with Gasteiger partial charge >= 0.3 is 0 Å². The molecule has 0 spiro atoms. The minimum Gasteiger partial charge on any atom is -0.352 e. The van der Waals surface area contributed by atoms with Gasteiger partial charge in [0.15, 0.2) is 0 Å². The molecule has 0 aliphatic heterocycles. The van der Waals surface area contributed by atoms with Gasteiger partial charge in [-0.2, -0.15) is 0 Å². The van der Waals surface area contributed by atoms with Crippen LogP contribution < -0.4 is 10.2 Å². The number of nitrogens with zero attached hydrogens (tertiary/aromatic N) is 1. The van der Waals surface area contributed by atoms with Gasteiger partial charge in [0, 0.05) is 36.5 Å². The van der Waals surface area contributed by atoms with Crippen LogP contribution >= 0.6 is 34.8 Å². The van der Waals surface area contributed by atoms with Crippen molar-refractivity contribution in [3.05, 3.63) is 63.1 Å². The average Bonchev–Trinajstić information content (AvgIpc) is 2.55. The van der Waals surface area contributed by atoms with E-state index >= 15 is 0 Å². The highest BCUT2D eigenvalue weighted by atomic mass is 35.5. The van der Waals surface area contributed by atoms with Gasteiger partial charge in [-0.1, -0.05) is 53.0 Å². The van der Waals surface area contributed by atoms with E-state index in [4.69, 9.17) is 34.8 Å². The molecule has 1 N–H and O–H groups in total. The van der Waals surface area contributed by atoms with Gasteiger partial charge in [-0.25, -0.2) is 0 Å². The summed E-state index contributed by atoms with van der Waals surface area (Å²) in [5, 5.41) is 4.23. The second-order valence-electron chi connectivity index (χ2n) is 5.38. The number of rotatable bonds is 6. The number of benzene rings is 2. The zero-order valence-electron chi connectivity index (χ0n) is 13.6. The van der Waals surface area contributed by atoms with E-state index in [1.807, 2.05) is 18.2 Å². The lowest BCUT2D eigenvalue weighted by atomic mass is 10.2. The van der Waals surface area contributed by atoms with E-state index in [2.05, 4.69) is 5.32 Å². The molecule has 0 bridgehead atoms. The molecule has 0 aliphatic carbocycles. The Balaban J connectivity index is 1.95. The first kappa shape index (κ1) is 19.6. The topological polar surface area (TPSA) is 49.4 Å². The van der Waals surface area contributed by atoms with E-state index in [0.29, 0.717) is 27.3 Å². The molecule has 132 valence electrons. The summed E-state index contributed by atoms with van der Waals surface area (Å²) in [5.74, 6) is -0.389. The summed E-state index contributed by atoms with van der Waals surface area (Å²) >= 11 is 18.1. The van der Waals surface area contributed by atoms with Crippen LogP contribution in [0.5, 0.6) is 0 Å². The number of nitrogens with one attached hydrogen (secondary N) is 1. The highest BCUT2D eigenvalue weighted by molar-refractivity contribution is 6.36. The Morgan fingerprint density at radius 3 is 2.40 bits per heavy atom. The van der Waals surface area contributed by atoms with E-state index < -0.39 is 0 Å². The number of halogens is 3. The molecule has 2 rings (SSSR count). The Bertz CT molecular complexity index is 781. The third-order valence-corrected chi connectivity index (χ3v) is 4.48. The van der Waals surface area contributed by atoms with Gasteiger partial charge in [-0.15, -0.1) is 0 Å². The number of carbonyl (C=O) groups is 2. The average molecular weight is 400 g/mol. The van der Waals surface area contributed by atoms with Crippen LogP contribution in [-0.2, 0) is 16.1 Å². The standard InChI is InChI=1S/C18H17Cl3N2O2/c1-12(24)23(17-7-6-14(19)10-16(17)21)9-8-18(25)22-11-13-4-2-3-5-15(13)20/h2-7,10H,8-9,11H2,1H3,(H,22,25). The second kappa shape index (κ2) is 9.09. The molecule has 0 aromatic heterocycles. The normalized spacial score (nSPS) is 10.4. The monoisotopic (exact) mass is 398 g/mol. The number of carbonyl (C=O) groups excluding carboxylic acids is 2. The fourth-order valence-corrected chi connectivity index (χ4v) is 3.00. The first-order chi connectivity index (χ1) is 11.9. The largest absolute Gasteiger partial charge is 0.352 e. The van der Waals surface area contributed by atoms with Crippen molar-refractivity contribution in [2.75, 3.05) is 11.4 Å². The number of hydrogen-bond acceptors (Lipinski definition) is 2. The van der Waals surface area contributed by atoms with Crippen molar-refractivity contribution in [2.24, 2.45) is 0 Å². The summed E-state index contributed by atoms with van der Waals surface area (Å²) in [6.07, 6.45) is 0.142. The van der Waals surface area contributed by atoms with Gasteiger partial charge < -0.3 is 10.2 Å². The summed E-state index contributed by atoms with van der Waals surface area (Å²) in [4.78, 5) is 25.4. The van der Waals surface area contributed by atoms with Crippen molar-refractivity contribution in [1.82, 2.24) is 5.32 Å². The molecule has 2 amide bonds. The maximum absolute atomic E-state index is 12.1. The fourth-order valence-electron chi connectivity index (χ4n) is 2.28. The summed E-state index contributed by atoms with van der Waals surface area (Å²) in [5.41, 5.74) is 1.36. The maximum atomic E-state index is 12.1. The third-order valence-electron chi connectivity index (χ3n) is 3.58. The summed E-state index contributed by atoms with van der Waals surface area (Å²) in [6.45, 7) is 1.97. The predicted molar refractivity (Wildman–Crippen MR) is 102 cm³/mol. The predicted octanol–water partition coefficient (Wildman–Crippen LogP) is 4.71. The van der Waals surface area contributed by atoms with Crippen LogP contribution in [0.1, 0.15) is 18.9 Å². The molecule has 4 nitrogen and oxygen atoms in total. The Morgan fingerprint density at radius 2 is 1.76 bits per heavy atom. The van der Waals surface area contributed by atoms with Crippen LogP contribution in [-0.4, -0.2) is 18.4 Å². The molecule has 0 atom stereocenters. The van der Waals surface area contributed by atoms with Gasteiger partial charge in [0.1, 0.15) is 0 Å². The molecular weight excluding hydrogens is 383 g/mol. The van der Waals surface area contributed by atoms with E-state index in [9.17, 15) is 9.59 Å². The van der Waals surface area contributed by atoms with Crippen LogP contribution in [0.15, 0.2) is 42.5 Å². The van der Waals surface area contributed by atoms with Crippen LogP contribution in [0.2, 0.25) is 15.1 Å². The zero-order valence-corrected chi connectivity index (χ0v) is 15.8. The Kier molecular flexibility index (Phi) is 7.12. The lowest BCUT2D eigenvalue weighted by molar-refractivity contribution is -0.121. The minimum absolute atomic E-state index is 0.142. The van der Waals surface area contributed by atoms with Gasteiger partial charge in [-0.3, -0.25) is 9.59 Å². The molecule has 25 heavy (non-hydrogen) atoms. The molecule has 0 fully saturated rings. The summed E-state index contributed by atoms with van der Waals surface area (Å²) in [6, 6.07) is 12.2. The molecule has 7 heteroatoms. The van der Waals surface area contributed by atoms with Crippen LogP contribution in [0.25, 0.3) is 0 Å². The Hall–Kier alpha value is -1.75. The second-order valence-corrected chi connectivity index (χ2v) is 6.64. The lowest BCUT2D eigenvalue weighted by Gasteiger charge is -2.22. The van der Waals surface area contributed by atoms with E-state index in [1.165, 1.54) is 11.8 Å². The Labute approximate surface area is 161 Å². The van der Waals surface area contributed by atoms with Gasteiger partial charge in [0.05, 0.1) is 10.7 Å². The molecular formula is C18H17Cl3N2O2. The number of amides is 2. The van der Waals surface area contributed by atoms with E-state index in [-0.39, 0.29) is 24.8 Å². The van der Waals surface area contributed by atoms with Crippen molar-refractivity contribution in [3.8, 4) is 0 Å². The third kappa shape index (κ3) is 5.63. The van der Waals surface area contributed by atoms with Gasteiger partial charge in [-0.05, 0) is 29.8 Å². The van der Waals surface area contributed by atoms with Gasteiger partial charge in [0.2, 0.25) is 11.8 Å². The molecule has 2 aromatic carbocycles. The van der Waals surface area contributed by atoms with Crippen molar-refractivity contribution < 1.29 is 9.59 Å². The maximum Gasteiger partial charge on any atom is 0.223 e. The number of hydrogen-bond donors (Lipinski definition) is 1. The van der Waals surface area contributed by atoms with Crippen molar-refractivity contribution in [2.45, 2.75) is 19.9 Å². The smallest absolute Gasteiger partial charge is 0.223 e. The van der Waals surface area contributed by atoms with Crippen molar-refractivity contribution in [1.29, 1.82) is 0 Å². The van der Waals surface area contributed by atoms with Crippen molar-refractivity contribution >= 4 is 52.3 Å². The van der Waals surface area contributed by atoms with E-state index in [0.717, 1.165) is 5.56 Å². The van der Waals surface area contributed by atoms with Crippen LogP contribution in [0.4, 0.5) is 5.69 Å². The SMILES string of the molecule is CC(=O)N(CCC(=O)NCc1ccccc1Cl)c1ccc(Cl)cc1Cl. The van der Waals surface area contributed by atoms with Gasteiger partial charge in [0.25, 0.3) is 0 Å². The number of anilines is 1. The molecule has 0 saturated heterocycles. The van der Waals surface area contributed by atoms with Crippen molar-refractivity contribution in [3.63, 3.8) is 0 Å². The first-order valence-corrected chi connectivity index (χ1v) is 8.75.